The van der Waals surface area contributed by atoms with E-state index in [9.17, 15) is 9.18 Å². The Balaban J connectivity index is 1.66. The molecule has 1 aliphatic heterocycles. The first kappa shape index (κ1) is 14.8. The minimum atomic E-state index is -0.259. The lowest BCUT2D eigenvalue weighted by Gasteiger charge is -2.27. The molecule has 0 aliphatic carbocycles. The molecule has 1 N–H and O–H groups in total. The minimum absolute atomic E-state index is 0.0176. The van der Waals surface area contributed by atoms with E-state index in [1.165, 1.54) is 12.1 Å². The van der Waals surface area contributed by atoms with E-state index in [2.05, 4.69) is 4.98 Å². The highest BCUT2D eigenvalue weighted by Gasteiger charge is 2.25. The summed E-state index contributed by atoms with van der Waals surface area (Å²) < 4.78 is 18.6. The first-order valence-corrected chi connectivity index (χ1v) is 7.88. The molecule has 0 fully saturated rings. The number of hydrogen-bond acceptors (Lipinski definition) is 2. The number of hydrogen-bond donors (Lipinski definition) is 1. The number of benzene rings is 2. The van der Waals surface area contributed by atoms with Crippen LogP contribution in [0.25, 0.3) is 10.9 Å². The van der Waals surface area contributed by atoms with Gasteiger partial charge in [0.25, 0.3) is 5.91 Å². The van der Waals surface area contributed by atoms with Crippen molar-refractivity contribution in [3.63, 3.8) is 0 Å². The molecule has 24 heavy (non-hydrogen) atoms. The second kappa shape index (κ2) is 5.67. The summed E-state index contributed by atoms with van der Waals surface area (Å²) in [4.78, 5) is 17.9. The van der Waals surface area contributed by atoms with Crippen LogP contribution in [0, 0.1) is 5.82 Å². The molecule has 3 aromatic rings. The number of fused-ring (bicyclic) bond motifs is 3. The van der Waals surface area contributed by atoms with Gasteiger partial charge in [-0.25, -0.2) is 4.39 Å². The number of nitrogens with zero attached hydrogens (tertiary/aromatic N) is 1. The summed E-state index contributed by atoms with van der Waals surface area (Å²) in [5.41, 5.74) is 3.57. The summed E-state index contributed by atoms with van der Waals surface area (Å²) in [5, 5.41) is 0.981. The monoisotopic (exact) mass is 324 g/mol. The molecular formula is C19H17FN2O2. The Kier molecular flexibility index (Phi) is 3.49. The van der Waals surface area contributed by atoms with Crippen molar-refractivity contribution in [1.29, 1.82) is 0 Å². The number of aromatic nitrogens is 1. The second-order valence-electron chi connectivity index (χ2n) is 5.98. The van der Waals surface area contributed by atoms with Crippen LogP contribution in [0.3, 0.4) is 0 Å². The lowest BCUT2D eigenvalue weighted by molar-refractivity contribution is 0.0734. The molecule has 0 spiro atoms. The van der Waals surface area contributed by atoms with Gasteiger partial charge in [-0.05, 0) is 36.4 Å². The van der Waals surface area contributed by atoms with Crippen LogP contribution in [0.15, 0.2) is 42.5 Å². The molecule has 4 nitrogen and oxygen atoms in total. The van der Waals surface area contributed by atoms with Gasteiger partial charge < -0.3 is 14.6 Å². The third-order valence-electron chi connectivity index (χ3n) is 4.54. The number of aromatic amines is 1. The normalized spacial score (nSPS) is 13.8. The molecule has 0 saturated heterocycles. The summed E-state index contributed by atoms with van der Waals surface area (Å²) in [6.45, 7) is 1.16. The van der Waals surface area contributed by atoms with Crippen molar-refractivity contribution < 1.29 is 13.9 Å². The van der Waals surface area contributed by atoms with Gasteiger partial charge in [-0.2, -0.15) is 0 Å². The topological polar surface area (TPSA) is 45.3 Å². The van der Waals surface area contributed by atoms with Crippen LogP contribution in [-0.2, 0) is 13.0 Å². The predicted molar refractivity (Wildman–Crippen MR) is 89.7 cm³/mol. The van der Waals surface area contributed by atoms with E-state index in [0.717, 1.165) is 28.6 Å². The molecule has 0 atom stereocenters. The fourth-order valence-corrected chi connectivity index (χ4v) is 3.31. The predicted octanol–water partition coefficient (Wildman–Crippen LogP) is 3.51. The maximum absolute atomic E-state index is 13.4. The van der Waals surface area contributed by atoms with E-state index in [4.69, 9.17) is 4.74 Å². The van der Waals surface area contributed by atoms with Crippen molar-refractivity contribution >= 4 is 16.8 Å². The zero-order valence-corrected chi connectivity index (χ0v) is 13.3. The molecule has 0 saturated carbocycles. The van der Waals surface area contributed by atoms with Gasteiger partial charge in [0.1, 0.15) is 11.6 Å². The number of nitrogens with one attached hydrogen (secondary N) is 1. The number of methoxy groups -OCH3 is 1. The Morgan fingerprint density at radius 3 is 2.96 bits per heavy atom. The summed E-state index contributed by atoms with van der Waals surface area (Å²) in [6.07, 6.45) is 0.737. The molecule has 0 bridgehead atoms. The summed E-state index contributed by atoms with van der Waals surface area (Å²) in [6, 6.07) is 11.9. The molecule has 4 rings (SSSR count). The van der Waals surface area contributed by atoms with Gasteiger partial charge in [-0.15, -0.1) is 0 Å². The number of amides is 1. The Labute approximate surface area is 138 Å². The fraction of sp³-hybridized carbons (Fsp3) is 0.211. The lowest BCUT2D eigenvalue weighted by Crippen LogP contribution is -2.35. The number of halogens is 1. The highest BCUT2D eigenvalue weighted by molar-refractivity contribution is 5.95. The average molecular weight is 324 g/mol. The summed E-state index contributed by atoms with van der Waals surface area (Å²) in [5.74, 6) is 0.391. The molecule has 1 aliphatic rings. The van der Waals surface area contributed by atoms with E-state index in [0.29, 0.717) is 24.4 Å². The standard InChI is InChI=1S/C19H17FN2O2/c1-24-14-4-2-3-12(9-14)19(23)22-8-7-17-16(11-22)15-6-5-13(20)10-18(15)21-17/h2-6,9-10,21H,7-8,11H2,1H3. The largest absolute Gasteiger partial charge is 0.497 e. The van der Waals surface area contributed by atoms with Crippen LogP contribution >= 0.6 is 0 Å². The highest BCUT2D eigenvalue weighted by Crippen LogP contribution is 2.29. The number of ether oxygens (including phenoxy) is 1. The molecule has 5 heteroatoms. The number of carbonyl (C=O) groups is 1. The summed E-state index contributed by atoms with van der Waals surface area (Å²) >= 11 is 0. The third-order valence-corrected chi connectivity index (χ3v) is 4.54. The minimum Gasteiger partial charge on any atom is -0.497 e. The van der Waals surface area contributed by atoms with Crippen molar-refractivity contribution in [2.24, 2.45) is 0 Å². The molecular weight excluding hydrogens is 307 g/mol. The van der Waals surface area contributed by atoms with Crippen LogP contribution < -0.4 is 4.74 Å². The SMILES string of the molecule is COc1cccc(C(=O)N2CCc3[nH]c4cc(F)ccc4c3C2)c1. The molecule has 0 radical (unpaired) electrons. The molecule has 0 unspecified atom stereocenters. The van der Waals surface area contributed by atoms with Crippen LogP contribution in [0.2, 0.25) is 0 Å². The molecule has 122 valence electrons. The van der Waals surface area contributed by atoms with Crippen molar-refractivity contribution in [2.45, 2.75) is 13.0 Å². The van der Waals surface area contributed by atoms with Gasteiger partial charge in [-0.1, -0.05) is 6.07 Å². The van der Waals surface area contributed by atoms with E-state index in [1.807, 2.05) is 17.0 Å². The fourth-order valence-electron chi connectivity index (χ4n) is 3.31. The molecule has 2 aromatic carbocycles. The smallest absolute Gasteiger partial charge is 0.254 e. The number of rotatable bonds is 2. The van der Waals surface area contributed by atoms with Gasteiger partial charge in [0.2, 0.25) is 0 Å². The van der Waals surface area contributed by atoms with Crippen molar-refractivity contribution in [3.8, 4) is 5.75 Å². The first-order chi connectivity index (χ1) is 11.7. The number of H-pyrrole nitrogens is 1. The quantitative estimate of drug-likeness (QED) is 0.784. The maximum Gasteiger partial charge on any atom is 0.254 e. The zero-order chi connectivity index (χ0) is 16.7. The molecule has 2 heterocycles. The van der Waals surface area contributed by atoms with Gasteiger partial charge in [0.05, 0.1) is 7.11 Å². The first-order valence-electron chi connectivity index (χ1n) is 7.88. The van der Waals surface area contributed by atoms with E-state index in [1.54, 1.807) is 25.3 Å². The Bertz CT molecular complexity index is 932. The van der Waals surface area contributed by atoms with E-state index < -0.39 is 0 Å². The Morgan fingerprint density at radius 1 is 1.25 bits per heavy atom. The Hall–Kier alpha value is -2.82. The van der Waals surface area contributed by atoms with Gasteiger partial charge in [0, 0.05) is 47.2 Å². The zero-order valence-electron chi connectivity index (χ0n) is 13.3. The highest BCUT2D eigenvalue weighted by atomic mass is 19.1. The second-order valence-corrected chi connectivity index (χ2v) is 5.98. The third kappa shape index (κ3) is 2.42. The lowest BCUT2D eigenvalue weighted by atomic mass is 10.0. The average Bonchev–Trinajstić information content (AvgIpc) is 2.97. The molecule has 1 amide bonds. The maximum atomic E-state index is 13.4. The van der Waals surface area contributed by atoms with Gasteiger partial charge in [-0.3, -0.25) is 4.79 Å². The van der Waals surface area contributed by atoms with Crippen molar-refractivity contribution in [3.05, 3.63) is 65.1 Å². The van der Waals surface area contributed by atoms with Crippen LogP contribution in [0.5, 0.6) is 5.75 Å². The Morgan fingerprint density at radius 2 is 2.12 bits per heavy atom. The van der Waals surface area contributed by atoms with Crippen LogP contribution in [0.1, 0.15) is 21.6 Å². The van der Waals surface area contributed by atoms with Gasteiger partial charge in [0.15, 0.2) is 0 Å². The van der Waals surface area contributed by atoms with Crippen LogP contribution in [-0.4, -0.2) is 29.4 Å². The summed E-state index contributed by atoms with van der Waals surface area (Å²) in [7, 11) is 1.59. The van der Waals surface area contributed by atoms with Gasteiger partial charge >= 0.3 is 0 Å². The van der Waals surface area contributed by atoms with Crippen molar-refractivity contribution in [2.75, 3.05) is 13.7 Å². The van der Waals surface area contributed by atoms with E-state index >= 15 is 0 Å². The van der Waals surface area contributed by atoms with Crippen molar-refractivity contribution in [1.82, 2.24) is 9.88 Å². The van der Waals surface area contributed by atoms with E-state index in [-0.39, 0.29) is 11.7 Å². The number of carbonyl (C=O) groups excluding carboxylic acids is 1. The van der Waals surface area contributed by atoms with Crippen LogP contribution in [0.4, 0.5) is 4.39 Å². The molecule has 1 aromatic heterocycles.